The lowest BCUT2D eigenvalue weighted by molar-refractivity contribution is -0.149. The summed E-state index contributed by atoms with van der Waals surface area (Å²) in [5, 5.41) is 17.2. The van der Waals surface area contributed by atoms with Gasteiger partial charge in [0, 0.05) is 6.04 Å². The number of aliphatic hydroxyl groups excluding tert-OH is 1. The van der Waals surface area contributed by atoms with Crippen LogP contribution >= 0.6 is 0 Å². The van der Waals surface area contributed by atoms with Gasteiger partial charge >= 0.3 is 5.97 Å². The Balaban J connectivity index is 3.94. The summed E-state index contributed by atoms with van der Waals surface area (Å²) in [6.45, 7) is 1.65. The van der Waals surface area contributed by atoms with E-state index in [-0.39, 0.29) is 6.04 Å². The summed E-state index contributed by atoms with van der Waals surface area (Å²) >= 11 is 0. The highest BCUT2D eigenvalue weighted by atomic mass is 16.4. The van der Waals surface area contributed by atoms with Gasteiger partial charge in [-0.05, 0) is 21.0 Å². The highest BCUT2D eigenvalue weighted by Gasteiger charge is 2.22. The topological polar surface area (TPSA) is 60.8 Å². The minimum atomic E-state index is -1.30. The van der Waals surface area contributed by atoms with Gasteiger partial charge in [-0.25, -0.2) is 4.79 Å². The van der Waals surface area contributed by atoms with E-state index in [1.165, 1.54) is 0 Å². The lowest BCUT2D eigenvalue weighted by atomic mass is 10.2. The first kappa shape index (κ1) is 9.39. The van der Waals surface area contributed by atoms with Crippen LogP contribution in [0.3, 0.4) is 0 Å². The van der Waals surface area contributed by atoms with E-state index >= 15 is 0 Å². The molecule has 0 unspecified atom stereocenters. The molecule has 2 atom stereocenters. The van der Waals surface area contributed by atoms with Gasteiger partial charge in [-0.2, -0.15) is 0 Å². The van der Waals surface area contributed by atoms with Crippen LogP contribution in [0.4, 0.5) is 0 Å². The lowest BCUT2D eigenvalue weighted by Crippen LogP contribution is -2.41. The first-order valence-corrected chi connectivity index (χ1v) is 3.04. The van der Waals surface area contributed by atoms with E-state index in [0.29, 0.717) is 0 Å². The maximum Gasteiger partial charge on any atom is 0.334 e. The molecule has 0 rings (SSSR count). The number of carboxylic acids is 1. The highest BCUT2D eigenvalue weighted by molar-refractivity contribution is 5.72. The molecule has 0 saturated carbocycles. The minimum absolute atomic E-state index is 0.350. The molecule has 0 fully saturated rings. The van der Waals surface area contributed by atoms with Crippen LogP contribution in [-0.2, 0) is 4.79 Å². The molecule has 4 heteroatoms. The summed E-state index contributed by atoms with van der Waals surface area (Å²) in [4.78, 5) is 11.8. The third kappa shape index (κ3) is 2.33. The van der Waals surface area contributed by atoms with Crippen molar-refractivity contribution in [2.45, 2.75) is 19.1 Å². The van der Waals surface area contributed by atoms with E-state index in [9.17, 15) is 4.79 Å². The summed E-state index contributed by atoms with van der Waals surface area (Å²) in [7, 11) is 3.44. The molecule has 0 bridgehead atoms. The second-order valence-corrected chi connectivity index (χ2v) is 2.49. The Bertz CT molecular complexity index is 124. The van der Waals surface area contributed by atoms with Crippen molar-refractivity contribution in [3.8, 4) is 0 Å². The zero-order valence-electron chi connectivity index (χ0n) is 6.40. The van der Waals surface area contributed by atoms with Crippen LogP contribution in [-0.4, -0.2) is 47.3 Å². The number of carbonyl (C=O) groups is 1. The predicted octanol–water partition coefficient (Wildman–Crippen LogP) is -0.618. The number of aliphatic hydroxyl groups is 1. The number of hydrogen-bond donors (Lipinski definition) is 2. The van der Waals surface area contributed by atoms with E-state index in [2.05, 4.69) is 0 Å². The van der Waals surface area contributed by atoms with Crippen molar-refractivity contribution >= 4 is 5.97 Å². The third-order valence-corrected chi connectivity index (χ3v) is 1.52. The van der Waals surface area contributed by atoms with Gasteiger partial charge in [0.25, 0.3) is 0 Å². The van der Waals surface area contributed by atoms with Crippen LogP contribution < -0.4 is 0 Å². The third-order valence-electron chi connectivity index (χ3n) is 1.52. The molecular weight excluding hydrogens is 134 g/mol. The Labute approximate surface area is 60.1 Å². The van der Waals surface area contributed by atoms with E-state index in [1.54, 1.807) is 25.9 Å². The van der Waals surface area contributed by atoms with Gasteiger partial charge in [-0.3, -0.25) is 0 Å². The molecule has 0 aromatic heterocycles. The Morgan fingerprint density at radius 3 is 2.00 bits per heavy atom. The van der Waals surface area contributed by atoms with Gasteiger partial charge in [0.15, 0.2) is 6.10 Å². The van der Waals surface area contributed by atoms with Gasteiger partial charge in [-0.15, -0.1) is 0 Å². The minimum Gasteiger partial charge on any atom is -0.479 e. The molecule has 0 aromatic rings. The second kappa shape index (κ2) is 3.53. The van der Waals surface area contributed by atoms with Crippen molar-refractivity contribution in [1.82, 2.24) is 4.90 Å². The molecule has 0 amide bonds. The highest BCUT2D eigenvalue weighted by Crippen LogP contribution is 1.98. The van der Waals surface area contributed by atoms with Gasteiger partial charge < -0.3 is 15.1 Å². The van der Waals surface area contributed by atoms with Gasteiger partial charge in [0.05, 0.1) is 0 Å². The molecule has 0 aliphatic heterocycles. The van der Waals surface area contributed by atoms with Crippen molar-refractivity contribution in [3.63, 3.8) is 0 Å². The van der Waals surface area contributed by atoms with Gasteiger partial charge in [0.1, 0.15) is 0 Å². The Kier molecular flexibility index (Phi) is 3.32. The van der Waals surface area contributed by atoms with E-state index in [0.717, 1.165) is 0 Å². The number of aliphatic carboxylic acids is 1. The summed E-state index contributed by atoms with van der Waals surface area (Å²) in [6.07, 6.45) is -1.30. The van der Waals surface area contributed by atoms with Crippen LogP contribution in [0.1, 0.15) is 6.92 Å². The van der Waals surface area contributed by atoms with Gasteiger partial charge in [-0.1, -0.05) is 0 Å². The van der Waals surface area contributed by atoms with Crippen LogP contribution in [0.15, 0.2) is 0 Å². The molecule has 0 radical (unpaired) electrons. The standard InChI is InChI=1S/C6H13NO3/c1-4(7(2)3)5(8)6(9)10/h4-5,8H,1-3H3,(H,9,10)/t4-,5-/m0/s1. The molecule has 2 N–H and O–H groups in total. The molecule has 10 heavy (non-hydrogen) atoms. The Morgan fingerprint density at radius 2 is 1.90 bits per heavy atom. The van der Waals surface area contributed by atoms with Crippen molar-refractivity contribution in [1.29, 1.82) is 0 Å². The average Bonchev–Trinajstić information content (AvgIpc) is 1.84. The SMILES string of the molecule is C[C@@H]([C@H](O)C(=O)O)N(C)C. The maximum absolute atomic E-state index is 10.2. The summed E-state index contributed by atoms with van der Waals surface area (Å²) in [5.41, 5.74) is 0. The smallest absolute Gasteiger partial charge is 0.334 e. The van der Waals surface area contributed by atoms with Crippen molar-refractivity contribution < 1.29 is 15.0 Å². The van der Waals surface area contributed by atoms with Crippen molar-refractivity contribution in [2.75, 3.05) is 14.1 Å². The normalized spacial score (nSPS) is 16.9. The zero-order valence-corrected chi connectivity index (χ0v) is 6.40. The van der Waals surface area contributed by atoms with Crippen LogP contribution in [0.25, 0.3) is 0 Å². The summed E-state index contributed by atoms with van der Waals surface area (Å²) < 4.78 is 0. The Morgan fingerprint density at radius 1 is 1.50 bits per heavy atom. The molecule has 0 heterocycles. The van der Waals surface area contributed by atoms with Crippen molar-refractivity contribution in [3.05, 3.63) is 0 Å². The van der Waals surface area contributed by atoms with Crippen LogP contribution in [0.5, 0.6) is 0 Å². The summed E-state index contributed by atoms with van der Waals surface area (Å²) in [6, 6.07) is -0.350. The quantitative estimate of drug-likeness (QED) is 0.558. The van der Waals surface area contributed by atoms with Gasteiger partial charge in [0.2, 0.25) is 0 Å². The largest absolute Gasteiger partial charge is 0.479 e. The number of carboxylic acid groups (broad SMARTS) is 1. The molecule has 0 aliphatic rings. The summed E-state index contributed by atoms with van der Waals surface area (Å²) in [5.74, 6) is -1.18. The van der Waals surface area contributed by atoms with E-state index < -0.39 is 12.1 Å². The fourth-order valence-corrected chi connectivity index (χ4v) is 0.489. The van der Waals surface area contributed by atoms with Crippen LogP contribution in [0, 0.1) is 0 Å². The predicted molar refractivity (Wildman–Crippen MR) is 36.8 cm³/mol. The molecule has 4 nitrogen and oxygen atoms in total. The maximum atomic E-state index is 10.2. The number of hydrogen-bond acceptors (Lipinski definition) is 3. The molecule has 60 valence electrons. The zero-order chi connectivity index (χ0) is 8.31. The fourth-order valence-electron chi connectivity index (χ4n) is 0.489. The monoisotopic (exact) mass is 147 g/mol. The molecule has 0 aliphatic carbocycles. The molecule has 0 spiro atoms. The lowest BCUT2D eigenvalue weighted by Gasteiger charge is -2.21. The average molecular weight is 147 g/mol. The molecular formula is C6H13NO3. The van der Waals surface area contributed by atoms with E-state index in [4.69, 9.17) is 10.2 Å². The van der Waals surface area contributed by atoms with Crippen molar-refractivity contribution in [2.24, 2.45) is 0 Å². The molecule has 0 saturated heterocycles. The number of nitrogens with zero attached hydrogens (tertiary/aromatic N) is 1. The first-order chi connectivity index (χ1) is 4.46. The second-order valence-electron chi connectivity index (χ2n) is 2.49. The fraction of sp³-hybridized carbons (Fsp3) is 0.833. The Hall–Kier alpha value is -0.610. The first-order valence-electron chi connectivity index (χ1n) is 3.04. The molecule has 0 aromatic carbocycles. The van der Waals surface area contributed by atoms with Crippen LogP contribution in [0.2, 0.25) is 0 Å². The van der Waals surface area contributed by atoms with E-state index in [1.807, 2.05) is 0 Å². The number of rotatable bonds is 3. The number of likely N-dealkylation sites (N-methyl/N-ethyl adjacent to an activating group) is 1.